The molecular weight excluding hydrogens is 332 g/mol. The zero-order chi connectivity index (χ0) is 18.1. The van der Waals surface area contributed by atoms with Gasteiger partial charge in [0.15, 0.2) is 17.2 Å². The zero-order valence-electron chi connectivity index (χ0n) is 14.4. The molecule has 0 radical (unpaired) electrons. The van der Waals surface area contributed by atoms with Crippen molar-refractivity contribution in [2.45, 2.75) is 0 Å². The van der Waals surface area contributed by atoms with E-state index in [1.54, 1.807) is 0 Å². The van der Waals surface area contributed by atoms with Crippen LogP contribution in [-0.2, 0) is 0 Å². The van der Waals surface area contributed by atoms with E-state index in [4.69, 9.17) is 4.98 Å². The Kier molecular flexibility index (Phi) is 3.62. The molecule has 4 nitrogen and oxygen atoms in total. The molecular formula is C23H14N4. The van der Waals surface area contributed by atoms with Crippen molar-refractivity contribution in [2.75, 3.05) is 0 Å². The van der Waals surface area contributed by atoms with Crippen molar-refractivity contribution < 1.29 is 0 Å². The summed E-state index contributed by atoms with van der Waals surface area (Å²) in [6, 6.07) is 27.9. The fourth-order valence-electron chi connectivity index (χ4n) is 3.09. The number of nitrogens with zero attached hydrogens (tertiary/aromatic N) is 4. The van der Waals surface area contributed by atoms with Crippen molar-refractivity contribution in [2.24, 2.45) is 0 Å². The molecule has 0 aliphatic rings. The largest absolute Gasteiger partial charge is 0.271 e. The van der Waals surface area contributed by atoms with Crippen LogP contribution in [0.15, 0.2) is 84.9 Å². The van der Waals surface area contributed by atoms with Crippen molar-refractivity contribution >= 4 is 16.7 Å². The van der Waals surface area contributed by atoms with Gasteiger partial charge in [0.05, 0.1) is 11.0 Å². The summed E-state index contributed by atoms with van der Waals surface area (Å²) in [4.78, 5) is 4.73. The van der Waals surface area contributed by atoms with Crippen molar-refractivity contribution in [3.8, 4) is 23.2 Å². The summed E-state index contributed by atoms with van der Waals surface area (Å²) in [6.45, 7) is 0. The predicted molar refractivity (Wildman–Crippen MR) is 106 cm³/mol. The third-order valence-electron chi connectivity index (χ3n) is 4.36. The first-order valence-electron chi connectivity index (χ1n) is 8.66. The number of hydrogen-bond donors (Lipinski definition) is 0. The number of para-hydroxylation sites is 2. The second-order valence-corrected chi connectivity index (χ2v) is 6.11. The van der Waals surface area contributed by atoms with E-state index in [-0.39, 0.29) is 0 Å². The van der Waals surface area contributed by atoms with Crippen LogP contribution >= 0.6 is 0 Å². The minimum Gasteiger partial charge on any atom is -0.271 e. The molecule has 0 atom stereocenters. The lowest BCUT2D eigenvalue weighted by molar-refractivity contribution is 1.11. The summed E-state index contributed by atoms with van der Waals surface area (Å²) in [5.74, 6) is 7.13. The second-order valence-electron chi connectivity index (χ2n) is 6.11. The van der Waals surface area contributed by atoms with Crippen LogP contribution in [-0.4, -0.2) is 19.6 Å². The van der Waals surface area contributed by atoms with E-state index < -0.39 is 0 Å². The summed E-state index contributed by atoms with van der Waals surface area (Å²) in [6.07, 6.45) is 0. The normalized spacial score (nSPS) is 10.7. The van der Waals surface area contributed by atoms with Crippen LogP contribution in [0.2, 0.25) is 0 Å². The first-order chi connectivity index (χ1) is 13.4. The molecule has 0 saturated carbocycles. The standard InChI is InChI=1S/C23H14N4/c1-3-9-17(10-4-1)15-16-20-23-26-25-22(18-11-5-2-6-12-18)27(23)21-14-8-7-13-19(21)24-20/h1-14H. The van der Waals surface area contributed by atoms with E-state index in [1.807, 2.05) is 89.3 Å². The number of benzene rings is 3. The summed E-state index contributed by atoms with van der Waals surface area (Å²) in [7, 11) is 0. The summed E-state index contributed by atoms with van der Waals surface area (Å²) in [5.41, 5.74) is 5.04. The fraction of sp³-hybridized carbons (Fsp3) is 0. The monoisotopic (exact) mass is 346 g/mol. The van der Waals surface area contributed by atoms with Gasteiger partial charge in [0.2, 0.25) is 0 Å². The number of hydrogen-bond acceptors (Lipinski definition) is 3. The summed E-state index contributed by atoms with van der Waals surface area (Å²) < 4.78 is 2.03. The molecule has 0 fully saturated rings. The Labute approximate surface area is 156 Å². The third kappa shape index (κ3) is 2.72. The molecule has 0 unspecified atom stereocenters. The summed E-state index contributed by atoms with van der Waals surface area (Å²) in [5, 5.41) is 8.84. The van der Waals surface area contributed by atoms with Gasteiger partial charge in [-0.2, -0.15) is 0 Å². The average Bonchev–Trinajstić information content (AvgIpc) is 3.19. The minimum atomic E-state index is 0.618. The number of fused-ring (bicyclic) bond motifs is 3. The predicted octanol–water partition coefficient (Wildman–Crippen LogP) is 4.34. The molecule has 0 saturated heterocycles. The van der Waals surface area contributed by atoms with Crippen molar-refractivity contribution in [1.29, 1.82) is 0 Å². The van der Waals surface area contributed by atoms with Gasteiger partial charge < -0.3 is 0 Å². The molecule has 0 aliphatic heterocycles. The van der Waals surface area contributed by atoms with Gasteiger partial charge in [-0.25, -0.2) is 4.98 Å². The van der Waals surface area contributed by atoms with Gasteiger partial charge in [-0.1, -0.05) is 66.6 Å². The Morgan fingerprint density at radius 1 is 0.667 bits per heavy atom. The van der Waals surface area contributed by atoms with Crippen LogP contribution < -0.4 is 0 Å². The quantitative estimate of drug-likeness (QED) is 0.424. The maximum atomic E-state index is 4.73. The molecule has 5 rings (SSSR count). The van der Waals surface area contributed by atoms with Gasteiger partial charge in [-0.05, 0) is 30.2 Å². The Balaban J connectivity index is 1.80. The maximum Gasteiger partial charge on any atom is 0.196 e. The van der Waals surface area contributed by atoms with Crippen LogP contribution in [0.25, 0.3) is 28.1 Å². The van der Waals surface area contributed by atoms with E-state index in [2.05, 4.69) is 22.0 Å². The second kappa shape index (κ2) is 6.40. The first-order valence-corrected chi connectivity index (χ1v) is 8.66. The molecule has 0 bridgehead atoms. The van der Waals surface area contributed by atoms with E-state index in [0.717, 1.165) is 28.0 Å². The SMILES string of the molecule is C(#Cc1nc2ccccc2n2c(-c3ccccc3)nnc12)c1ccccc1. The van der Waals surface area contributed by atoms with E-state index in [0.29, 0.717) is 11.3 Å². The van der Waals surface area contributed by atoms with E-state index >= 15 is 0 Å². The molecule has 0 spiro atoms. The molecule has 4 heteroatoms. The topological polar surface area (TPSA) is 43.1 Å². The molecule has 0 amide bonds. The van der Waals surface area contributed by atoms with Crippen LogP contribution in [0, 0.1) is 11.8 Å². The maximum absolute atomic E-state index is 4.73. The van der Waals surface area contributed by atoms with Gasteiger partial charge in [0.25, 0.3) is 0 Å². The molecule has 3 aromatic carbocycles. The highest BCUT2D eigenvalue weighted by molar-refractivity contribution is 5.82. The highest BCUT2D eigenvalue weighted by Crippen LogP contribution is 2.24. The summed E-state index contributed by atoms with van der Waals surface area (Å²) >= 11 is 0. The molecule has 2 heterocycles. The van der Waals surface area contributed by atoms with Gasteiger partial charge in [0, 0.05) is 11.1 Å². The zero-order valence-corrected chi connectivity index (χ0v) is 14.4. The first kappa shape index (κ1) is 15.3. The minimum absolute atomic E-state index is 0.618. The smallest absolute Gasteiger partial charge is 0.196 e. The third-order valence-corrected chi connectivity index (χ3v) is 4.36. The molecule has 2 aromatic heterocycles. The highest BCUT2D eigenvalue weighted by atomic mass is 15.3. The van der Waals surface area contributed by atoms with Crippen molar-refractivity contribution in [3.63, 3.8) is 0 Å². The lowest BCUT2D eigenvalue weighted by atomic mass is 10.2. The van der Waals surface area contributed by atoms with Crippen LogP contribution in [0.4, 0.5) is 0 Å². The van der Waals surface area contributed by atoms with Crippen LogP contribution in [0.5, 0.6) is 0 Å². The Bertz CT molecular complexity index is 1310. The molecule has 27 heavy (non-hydrogen) atoms. The number of aromatic nitrogens is 4. The highest BCUT2D eigenvalue weighted by Gasteiger charge is 2.15. The van der Waals surface area contributed by atoms with Crippen molar-refractivity contribution in [1.82, 2.24) is 19.6 Å². The lowest BCUT2D eigenvalue weighted by Gasteiger charge is -2.06. The molecule has 5 aromatic rings. The van der Waals surface area contributed by atoms with E-state index in [9.17, 15) is 0 Å². The van der Waals surface area contributed by atoms with Gasteiger partial charge in [0.1, 0.15) is 0 Å². The Morgan fingerprint density at radius 2 is 1.37 bits per heavy atom. The van der Waals surface area contributed by atoms with Gasteiger partial charge >= 0.3 is 0 Å². The fourth-order valence-corrected chi connectivity index (χ4v) is 3.09. The number of rotatable bonds is 1. The lowest BCUT2D eigenvalue weighted by Crippen LogP contribution is -1.98. The molecule has 0 aliphatic carbocycles. The van der Waals surface area contributed by atoms with Crippen LogP contribution in [0.3, 0.4) is 0 Å². The van der Waals surface area contributed by atoms with E-state index in [1.165, 1.54) is 0 Å². The Hall–Kier alpha value is -3.97. The van der Waals surface area contributed by atoms with Gasteiger partial charge in [-0.15, -0.1) is 10.2 Å². The van der Waals surface area contributed by atoms with Gasteiger partial charge in [-0.3, -0.25) is 4.40 Å². The van der Waals surface area contributed by atoms with Crippen molar-refractivity contribution in [3.05, 3.63) is 96.2 Å². The molecule has 0 N–H and O–H groups in total. The van der Waals surface area contributed by atoms with Crippen LogP contribution in [0.1, 0.15) is 11.3 Å². The average molecular weight is 346 g/mol. The molecule has 126 valence electrons. The Morgan fingerprint density at radius 3 is 2.19 bits per heavy atom.